The summed E-state index contributed by atoms with van der Waals surface area (Å²) in [6.45, 7) is 0. The number of nitrogens with zero attached hydrogens (tertiary/aromatic N) is 2. The molecule has 4 nitrogen and oxygen atoms in total. The quantitative estimate of drug-likeness (QED) is 0.621. The van der Waals surface area contributed by atoms with Gasteiger partial charge in [0, 0.05) is 0 Å². The van der Waals surface area contributed by atoms with Crippen LogP contribution in [0.4, 0.5) is 18.9 Å². The van der Waals surface area contributed by atoms with Crippen LogP contribution in [0.25, 0.3) is 10.6 Å². The summed E-state index contributed by atoms with van der Waals surface area (Å²) in [6.07, 6.45) is -4.53. The molecule has 1 N–H and O–H groups in total. The molecule has 26 heavy (non-hydrogen) atoms. The molecule has 0 unspecified atom stereocenters. The number of hydrogen-bond acceptors (Lipinski definition) is 5. The maximum atomic E-state index is 12.9. The minimum absolute atomic E-state index is 0.0702. The van der Waals surface area contributed by atoms with Gasteiger partial charge in [-0.05, 0) is 35.7 Å². The molecule has 0 aliphatic heterocycles. The molecule has 0 radical (unpaired) electrons. The van der Waals surface area contributed by atoms with Gasteiger partial charge >= 0.3 is 6.18 Å². The van der Waals surface area contributed by atoms with Crippen LogP contribution in [0.3, 0.4) is 0 Å². The number of aromatic nitrogens is 2. The number of anilines is 1. The van der Waals surface area contributed by atoms with E-state index in [1.165, 1.54) is 29.5 Å². The first kappa shape index (κ1) is 18.4. The van der Waals surface area contributed by atoms with E-state index in [-0.39, 0.29) is 11.4 Å². The molecule has 3 rings (SSSR count). The molecule has 0 fully saturated rings. The van der Waals surface area contributed by atoms with Gasteiger partial charge in [-0.3, -0.25) is 4.79 Å². The third kappa shape index (κ3) is 4.61. The van der Waals surface area contributed by atoms with E-state index in [1.807, 2.05) is 17.5 Å². The lowest BCUT2D eigenvalue weighted by molar-refractivity contribution is -0.137. The molecular weight excluding hydrogens is 383 g/mol. The van der Waals surface area contributed by atoms with Gasteiger partial charge in [0.25, 0.3) is 0 Å². The van der Waals surface area contributed by atoms with Gasteiger partial charge in [0.2, 0.25) is 5.91 Å². The van der Waals surface area contributed by atoms with Gasteiger partial charge < -0.3 is 5.32 Å². The predicted molar refractivity (Wildman–Crippen MR) is 96.1 cm³/mol. The van der Waals surface area contributed by atoms with E-state index in [1.54, 1.807) is 12.1 Å². The van der Waals surface area contributed by atoms with Crippen molar-refractivity contribution >= 4 is 34.7 Å². The molecule has 0 bridgehead atoms. The van der Waals surface area contributed by atoms with E-state index >= 15 is 0 Å². The zero-order chi connectivity index (χ0) is 18.6. The zero-order valence-electron chi connectivity index (χ0n) is 13.2. The fourth-order valence-corrected chi connectivity index (χ4v) is 3.42. The van der Waals surface area contributed by atoms with Gasteiger partial charge in [-0.1, -0.05) is 30.0 Å². The second-order valence-corrected chi connectivity index (χ2v) is 7.06. The normalized spacial score (nSPS) is 11.3. The van der Waals surface area contributed by atoms with Crippen LogP contribution in [0, 0.1) is 0 Å². The van der Waals surface area contributed by atoms with E-state index in [0.717, 1.165) is 28.4 Å². The Morgan fingerprint density at radius 2 is 1.88 bits per heavy atom. The lowest BCUT2D eigenvalue weighted by atomic mass is 10.1. The number of amides is 1. The second-order valence-electron chi connectivity index (χ2n) is 5.11. The summed E-state index contributed by atoms with van der Waals surface area (Å²) in [5.74, 6) is -0.616. The van der Waals surface area contributed by atoms with Crippen molar-refractivity contribution in [3.05, 3.63) is 59.5 Å². The summed E-state index contributed by atoms with van der Waals surface area (Å²) in [5.41, 5.74) is -0.406. The number of alkyl halides is 3. The molecule has 2 heterocycles. The average molecular weight is 395 g/mol. The first-order chi connectivity index (χ1) is 12.4. The highest BCUT2D eigenvalue weighted by Crippen LogP contribution is 2.34. The van der Waals surface area contributed by atoms with Crippen molar-refractivity contribution in [2.24, 2.45) is 0 Å². The minimum atomic E-state index is -4.53. The van der Waals surface area contributed by atoms with E-state index < -0.39 is 17.6 Å². The smallest absolute Gasteiger partial charge is 0.325 e. The first-order valence-electron chi connectivity index (χ1n) is 7.40. The average Bonchev–Trinajstić information content (AvgIpc) is 3.15. The molecule has 0 aliphatic carbocycles. The number of para-hydroxylation sites is 1. The van der Waals surface area contributed by atoms with E-state index in [2.05, 4.69) is 15.5 Å². The Bertz CT molecular complexity index is 881. The Morgan fingerprint density at radius 1 is 1.08 bits per heavy atom. The highest BCUT2D eigenvalue weighted by molar-refractivity contribution is 7.99. The van der Waals surface area contributed by atoms with E-state index in [4.69, 9.17) is 0 Å². The Kier molecular flexibility index (Phi) is 5.58. The Hall–Kier alpha value is -2.39. The van der Waals surface area contributed by atoms with Crippen LogP contribution in [0.15, 0.2) is 58.9 Å². The summed E-state index contributed by atoms with van der Waals surface area (Å²) in [6, 6.07) is 12.2. The molecule has 0 atom stereocenters. The predicted octanol–water partition coefficient (Wildman–Crippen LogP) is 4.95. The molecule has 3 aromatic rings. The number of carbonyl (C=O) groups excluding carboxylic acids is 1. The maximum absolute atomic E-state index is 12.9. The SMILES string of the molecule is O=C(CSc1ccc(-c2cccs2)nn1)Nc1ccccc1C(F)(F)F. The van der Waals surface area contributed by atoms with Crippen molar-refractivity contribution in [2.45, 2.75) is 11.2 Å². The number of hydrogen-bond donors (Lipinski definition) is 1. The number of nitrogens with one attached hydrogen (secondary N) is 1. The fourth-order valence-electron chi connectivity index (χ4n) is 2.12. The number of rotatable bonds is 5. The van der Waals surface area contributed by atoms with Gasteiger partial charge in [0.05, 0.1) is 21.9 Å². The molecule has 0 saturated heterocycles. The highest BCUT2D eigenvalue weighted by Gasteiger charge is 2.33. The summed E-state index contributed by atoms with van der Waals surface area (Å²) < 4.78 is 38.8. The Morgan fingerprint density at radius 3 is 2.54 bits per heavy atom. The van der Waals surface area contributed by atoms with Gasteiger partial charge in [-0.25, -0.2) is 0 Å². The highest BCUT2D eigenvalue weighted by atomic mass is 32.2. The largest absolute Gasteiger partial charge is 0.418 e. The molecule has 134 valence electrons. The van der Waals surface area contributed by atoms with E-state index in [0.29, 0.717) is 5.03 Å². The maximum Gasteiger partial charge on any atom is 0.418 e. The van der Waals surface area contributed by atoms with Crippen molar-refractivity contribution in [2.75, 3.05) is 11.1 Å². The summed E-state index contributed by atoms with van der Waals surface area (Å²) in [7, 11) is 0. The first-order valence-corrected chi connectivity index (χ1v) is 9.26. The van der Waals surface area contributed by atoms with Gasteiger partial charge in [-0.2, -0.15) is 13.2 Å². The van der Waals surface area contributed by atoms with Crippen molar-refractivity contribution in [1.82, 2.24) is 10.2 Å². The molecular formula is C17H12F3N3OS2. The Labute approximate surface area is 155 Å². The van der Waals surface area contributed by atoms with Crippen molar-refractivity contribution < 1.29 is 18.0 Å². The van der Waals surface area contributed by atoms with Crippen molar-refractivity contribution in [1.29, 1.82) is 0 Å². The molecule has 1 amide bonds. The van der Waals surface area contributed by atoms with Crippen LogP contribution >= 0.6 is 23.1 Å². The van der Waals surface area contributed by atoms with Crippen LogP contribution in [0.5, 0.6) is 0 Å². The van der Waals surface area contributed by atoms with Crippen LogP contribution in [0.2, 0.25) is 0 Å². The van der Waals surface area contributed by atoms with E-state index in [9.17, 15) is 18.0 Å². The van der Waals surface area contributed by atoms with Crippen LogP contribution < -0.4 is 5.32 Å². The summed E-state index contributed by atoms with van der Waals surface area (Å²) in [5, 5.41) is 12.9. The number of benzene rings is 1. The third-order valence-corrected chi connectivity index (χ3v) is 5.08. The third-order valence-electron chi connectivity index (χ3n) is 3.27. The van der Waals surface area contributed by atoms with Gasteiger partial charge in [-0.15, -0.1) is 21.5 Å². The topological polar surface area (TPSA) is 54.9 Å². The standard InChI is InChI=1S/C17H12F3N3OS2/c18-17(19,20)11-4-1-2-5-12(11)21-15(24)10-26-16-8-7-13(22-23-16)14-6-3-9-25-14/h1-9H,10H2,(H,21,24). The van der Waals surface area contributed by atoms with Crippen molar-refractivity contribution in [3.63, 3.8) is 0 Å². The molecule has 0 spiro atoms. The second kappa shape index (κ2) is 7.88. The molecule has 0 aliphatic rings. The van der Waals surface area contributed by atoms with Crippen molar-refractivity contribution in [3.8, 4) is 10.6 Å². The molecule has 1 aromatic carbocycles. The minimum Gasteiger partial charge on any atom is -0.325 e. The number of carbonyl (C=O) groups is 1. The zero-order valence-corrected chi connectivity index (χ0v) is 14.8. The monoisotopic (exact) mass is 395 g/mol. The molecule has 9 heteroatoms. The number of halogens is 3. The number of thiophene rings is 1. The lowest BCUT2D eigenvalue weighted by Crippen LogP contribution is -2.18. The summed E-state index contributed by atoms with van der Waals surface area (Å²) >= 11 is 2.64. The fraction of sp³-hybridized carbons (Fsp3) is 0.118. The van der Waals surface area contributed by atoms with Gasteiger partial charge in [0.15, 0.2) is 0 Å². The summed E-state index contributed by atoms with van der Waals surface area (Å²) in [4.78, 5) is 13.0. The number of thioether (sulfide) groups is 1. The molecule has 2 aromatic heterocycles. The van der Waals surface area contributed by atoms with Crippen LogP contribution in [0.1, 0.15) is 5.56 Å². The molecule has 0 saturated carbocycles. The Balaban J connectivity index is 1.60. The van der Waals surface area contributed by atoms with Gasteiger partial charge in [0.1, 0.15) is 10.7 Å². The van der Waals surface area contributed by atoms with Crippen LogP contribution in [-0.4, -0.2) is 21.9 Å². The lowest BCUT2D eigenvalue weighted by Gasteiger charge is -2.13. The van der Waals surface area contributed by atoms with Crippen LogP contribution in [-0.2, 0) is 11.0 Å².